The molecule has 9 heteroatoms. The molecule has 0 aliphatic rings. The lowest BCUT2D eigenvalue weighted by molar-refractivity contribution is 0.102. The van der Waals surface area contributed by atoms with Crippen molar-refractivity contribution in [3.05, 3.63) is 71.5 Å². The molecule has 3 rings (SSSR count). The first kappa shape index (κ1) is 20.3. The van der Waals surface area contributed by atoms with Crippen molar-refractivity contribution in [1.29, 1.82) is 0 Å². The molecule has 29 heavy (non-hydrogen) atoms. The number of sulfonamides is 1. The van der Waals surface area contributed by atoms with Crippen LogP contribution in [-0.4, -0.2) is 30.5 Å². The van der Waals surface area contributed by atoms with Gasteiger partial charge in [-0.05, 0) is 62.4 Å². The van der Waals surface area contributed by atoms with Crippen molar-refractivity contribution in [2.75, 3.05) is 21.6 Å². The molecule has 1 heterocycles. The number of aromatic nitrogens is 2. The van der Waals surface area contributed by atoms with Gasteiger partial charge in [0, 0.05) is 34.0 Å². The normalized spacial score (nSPS) is 11.0. The summed E-state index contributed by atoms with van der Waals surface area (Å²) < 4.78 is 24.9. The van der Waals surface area contributed by atoms with Gasteiger partial charge in [-0.3, -0.25) is 9.52 Å². The molecule has 0 fully saturated rings. The Morgan fingerprint density at radius 1 is 0.862 bits per heavy atom. The van der Waals surface area contributed by atoms with Gasteiger partial charge in [-0.1, -0.05) is 6.07 Å². The minimum absolute atomic E-state index is 0.310. The van der Waals surface area contributed by atoms with Crippen molar-refractivity contribution in [2.24, 2.45) is 0 Å². The monoisotopic (exact) mass is 411 g/mol. The van der Waals surface area contributed by atoms with E-state index in [-0.39, 0.29) is 5.91 Å². The Labute approximate surface area is 169 Å². The number of anilines is 4. The molecule has 0 atom stereocenters. The number of rotatable bonds is 6. The van der Waals surface area contributed by atoms with Crippen LogP contribution in [0.3, 0.4) is 0 Å². The fourth-order valence-electron chi connectivity index (χ4n) is 2.69. The number of carbonyl (C=O) groups excluding carboxylic acids is 1. The molecule has 0 saturated carbocycles. The fourth-order valence-corrected chi connectivity index (χ4v) is 3.26. The minimum Gasteiger partial charge on any atom is -0.324 e. The van der Waals surface area contributed by atoms with E-state index in [0.717, 1.165) is 23.3 Å². The van der Waals surface area contributed by atoms with E-state index in [1.807, 2.05) is 26.0 Å². The third-order valence-corrected chi connectivity index (χ3v) is 4.42. The summed E-state index contributed by atoms with van der Waals surface area (Å²) in [5, 5.41) is 5.95. The van der Waals surface area contributed by atoms with E-state index < -0.39 is 10.0 Å². The van der Waals surface area contributed by atoms with E-state index in [9.17, 15) is 13.2 Å². The first-order chi connectivity index (χ1) is 13.7. The van der Waals surface area contributed by atoms with Gasteiger partial charge in [-0.15, -0.1) is 0 Å². The lowest BCUT2D eigenvalue weighted by atomic mass is 10.2. The highest BCUT2D eigenvalue weighted by Gasteiger charge is 2.08. The first-order valence-corrected chi connectivity index (χ1v) is 10.7. The molecule has 1 amide bonds. The molecule has 1 aromatic heterocycles. The molecule has 8 nitrogen and oxygen atoms in total. The molecule has 0 radical (unpaired) electrons. The van der Waals surface area contributed by atoms with Gasteiger partial charge in [0.2, 0.25) is 16.0 Å². The van der Waals surface area contributed by atoms with Crippen LogP contribution in [0.15, 0.2) is 54.6 Å². The van der Waals surface area contributed by atoms with Crippen LogP contribution in [0.4, 0.5) is 23.0 Å². The Hall–Kier alpha value is -3.46. The zero-order chi connectivity index (χ0) is 21.0. The smallest absolute Gasteiger partial charge is 0.255 e. The third kappa shape index (κ3) is 6.01. The van der Waals surface area contributed by atoms with E-state index in [2.05, 4.69) is 25.3 Å². The van der Waals surface area contributed by atoms with Crippen LogP contribution in [0.25, 0.3) is 0 Å². The van der Waals surface area contributed by atoms with Crippen LogP contribution in [0.2, 0.25) is 0 Å². The number of amides is 1. The number of nitrogens with zero attached hydrogens (tertiary/aromatic N) is 2. The van der Waals surface area contributed by atoms with Gasteiger partial charge in [-0.25, -0.2) is 18.4 Å². The largest absolute Gasteiger partial charge is 0.324 e. The van der Waals surface area contributed by atoms with Gasteiger partial charge >= 0.3 is 0 Å². The molecular weight excluding hydrogens is 390 g/mol. The molecule has 0 aliphatic heterocycles. The number of benzene rings is 2. The lowest BCUT2D eigenvalue weighted by Gasteiger charge is -2.10. The number of nitrogens with one attached hydrogen (secondary N) is 3. The van der Waals surface area contributed by atoms with E-state index >= 15 is 0 Å². The predicted molar refractivity (Wildman–Crippen MR) is 114 cm³/mol. The maximum atomic E-state index is 12.5. The molecule has 0 spiro atoms. The Morgan fingerprint density at radius 3 is 2.10 bits per heavy atom. The standard InChI is InChI=1S/C20H21N5O3S/c1-13-11-14(2)22-20(21-13)24-18-6-4-5-17(12-18)23-19(26)15-7-9-16(10-8-15)25-29(3,27)28/h4-12,25H,1-3H3,(H,23,26)(H,21,22,24). The second-order valence-corrected chi connectivity index (χ2v) is 8.33. The topological polar surface area (TPSA) is 113 Å². The van der Waals surface area contributed by atoms with Crippen molar-refractivity contribution in [3.8, 4) is 0 Å². The Kier molecular flexibility index (Phi) is 5.79. The van der Waals surface area contributed by atoms with Crippen molar-refractivity contribution >= 4 is 38.9 Å². The van der Waals surface area contributed by atoms with E-state index in [1.54, 1.807) is 30.3 Å². The Morgan fingerprint density at radius 2 is 1.48 bits per heavy atom. The average Bonchev–Trinajstić information content (AvgIpc) is 2.60. The third-order valence-electron chi connectivity index (χ3n) is 3.81. The molecule has 0 bridgehead atoms. The maximum Gasteiger partial charge on any atom is 0.255 e. The minimum atomic E-state index is -3.36. The predicted octanol–water partition coefficient (Wildman–Crippen LogP) is 3.46. The van der Waals surface area contributed by atoms with E-state index in [1.165, 1.54) is 12.1 Å². The summed E-state index contributed by atoms with van der Waals surface area (Å²) >= 11 is 0. The van der Waals surface area contributed by atoms with Crippen LogP contribution in [0, 0.1) is 13.8 Å². The number of hydrogen-bond donors (Lipinski definition) is 3. The lowest BCUT2D eigenvalue weighted by Crippen LogP contribution is -2.13. The van der Waals surface area contributed by atoms with Gasteiger partial charge in [0.25, 0.3) is 5.91 Å². The van der Waals surface area contributed by atoms with E-state index in [4.69, 9.17) is 0 Å². The second-order valence-electron chi connectivity index (χ2n) is 6.59. The fraction of sp³-hybridized carbons (Fsp3) is 0.150. The molecule has 0 saturated heterocycles. The highest BCUT2D eigenvalue weighted by atomic mass is 32.2. The van der Waals surface area contributed by atoms with Crippen molar-refractivity contribution in [2.45, 2.75) is 13.8 Å². The molecule has 3 aromatic rings. The zero-order valence-corrected chi connectivity index (χ0v) is 17.0. The van der Waals surface area contributed by atoms with Gasteiger partial charge in [0.15, 0.2) is 0 Å². The zero-order valence-electron chi connectivity index (χ0n) is 16.2. The SMILES string of the molecule is Cc1cc(C)nc(Nc2cccc(NC(=O)c3ccc(NS(C)(=O)=O)cc3)c2)n1. The number of carbonyl (C=O) groups is 1. The van der Waals surface area contributed by atoms with Crippen LogP contribution in [-0.2, 0) is 10.0 Å². The summed E-state index contributed by atoms with van der Waals surface area (Å²) in [6, 6.07) is 15.3. The summed E-state index contributed by atoms with van der Waals surface area (Å²) in [5.41, 5.74) is 3.85. The van der Waals surface area contributed by atoms with Gasteiger partial charge in [0.1, 0.15) is 0 Å². The average molecular weight is 411 g/mol. The van der Waals surface area contributed by atoms with Crippen molar-refractivity contribution in [3.63, 3.8) is 0 Å². The Balaban J connectivity index is 1.70. The number of aryl methyl sites for hydroxylation is 2. The first-order valence-electron chi connectivity index (χ1n) is 8.76. The van der Waals surface area contributed by atoms with E-state index in [0.29, 0.717) is 22.9 Å². The van der Waals surface area contributed by atoms with Gasteiger partial charge in [0.05, 0.1) is 6.26 Å². The second kappa shape index (κ2) is 8.27. The summed E-state index contributed by atoms with van der Waals surface area (Å²) in [7, 11) is -3.36. The van der Waals surface area contributed by atoms with Crippen LogP contribution < -0.4 is 15.4 Å². The van der Waals surface area contributed by atoms with Crippen molar-refractivity contribution in [1.82, 2.24) is 9.97 Å². The molecule has 2 aromatic carbocycles. The van der Waals surface area contributed by atoms with Crippen molar-refractivity contribution < 1.29 is 13.2 Å². The van der Waals surface area contributed by atoms with Gasteiger partial charge < -0.3 is 10.6 Å². The van der Waals surface area contributed by atoms with Crippen LogP contribution in [0.5, 0.6) is 0 Å². The summed E-state index contributed by atoms with van der Waals surface area (Å²) in [6.07, 6.45) is 1.07. The maximum absolute atomic E-state index is 12.5. The quantitative estimate of drug-likeness (QED) is 0.572. The van der Waals surface area contributed by atoms with Crippen LogP contribution >= 0.6 is 0 Å². The summed E-state index contributed by atoms with van der Waals surface area (Å²) in [4.78, 5) is 21.2. The summed E-state index contributed by atoms with van der Waals surface area (Å²) in [6.45, 7) is 3.79. The molecule has 3 N–H and O–H groups in total. The van der Waals surface area contributed by atoms with Gasteiger partial charge in [-0.2, -0.15) is 0 Å². The molecule has 150 valence electrons. The van der Waals surface area contributed by atoms with Crippen LogP contribution in [0.1, 0.15) is 21.7 Å². The Bertz CT molecular complexity index is 1120. The molecular formula is C20H21N5O3S. The highest BCUT2D eigenvalue weighted by molar-refractivity contribution is 7.92. The molecule has 0 unspecified atom stereocenters. The molecule has 0 aliphatic carbocycles. The number of hydrogen-bond acceptors (Lipinski definition) is 6. The summed E-state index contributed by atoms with van der Waals surface area (Å²) in [5.74, 6) is 0.177. The highest BCUT2D eigenvalue weighted by Crippen LogP contribution is 2.20.